The molecule has 0 aromatic heterocycles. The molecular weight excluding hydrogens is 528 g/mol. The summed E-state index contributed by atoms with van der Waals surface area (Å²) >= 11 is 13.3. The maximum Gasteiger partial charge on any atom is 0.208 e. The lowest BCUT2D eigenvalue weighted by Gasteiger charge is -2.11. The van der Waals surface area contributed by atoms with Gasteiger partial charge in [-0.15, -0.1) is 0 Å². The fourth-order valence-corrected chi connectivity index (χ4v) is 6.76. The van der Waals surface area contributed by atoms with Crippen molar-refractivity contribution in [2.24, 2.45) is 0 Å². The summed E-state index contributed by atoms with van der Waals surface area (Å²) in [7, 11) is -3.58. The van der Waals surface area contributed by atoms with Crippen molar-refractivity contribution in [2.75, 3.05) is 0 Å². The molecule has 0 aliphatic rings. The minimum absolute atomic E-state index is 0.203. The Balaban J connectivity index is 2.77. The van der Waals surface area contributed by atoms with E-state index in [1.807, 2.05) is 0 Å². The quantitative estimate of drug-likeness (QED) is 0.374. The molecule has 2 nitrogen and oxygen atoms in total. The summed E-state index contributed by atoms with van der Waals surface area (Å²) in [6.07, 6.45) is 0. The molecular formula is C12H6Br4O2S. The van der Waals surface area contributed by atoms with Gasteiger partial charge >= 0.3 is 0 Å². The van der Waals surface area contributed by atoms with E-state index in [-0.39, 0.29) is 9.79 Å². The van der Waals surface area contributed by atoms with Gasteiger partial charge in [-0.2, -0.15) is 0 Å². The second-order valence-electron chi connectivity index (χ2n) is 3.61. The first-order valence-corrected chi connectivity index (χ1v) is 9.64. The van der Waals surface area contributed by atoms with Crippen LogP contribution in [0.25, 0.3) is 0 Å². The summed E-state index contributed by atoms with van der Waals surface area (Å²) in [5, 5.41) is 0. The van der Waals surface area contributed by atoms with Crippen molar-refractivity contribution in [1.29, 1.82) is 0 Å². The van der Waals surface area contributed by atoms with E-state index in [0.717, 1.165) is 4.47 Å². The highest BCUT2D eigenvalue weighted by atomic mass is 79.9. The Morgan fingerprint density at radius 2 is 1.37 bits per heavy atom. The molecule has 2 aromatic carbocycles. The van der Waals surface area contributed by atoms with Gasteiger partial charge in [-0.05, 0) is 81.9 Å². The van der Waals surface area contributed by atoms with Gasteiger partial charge < -0.3 is 0 Å². The second kappa shape index (κ2) is 5.97. The van der Waals surface area contributed by atoms with Crippen LogP contribution in [0.3, 0.4) is 0 Å². The number of rotatable bonds is 2. The van der Waals surface area contributed by atoms with Crippen LogP contribution >= 0.6 is 63.7 Å². The molecule has 0 amide bonds. The fourth-order valence-electron chi connectivity index (χ4n) is 1.51. The van der Waals surface area contributed by atoms with E-state index in [1.165, 1.54) is 0 Å². The molecule has 2 aromatic rings. The first-order chi connectivity index (χ1) is 8.85. The van der Waals surface area contributed by atoms with Gasteiger partial charge in [-0.1, -0.05) is 18.2 Å². The molecule has 7 heteroatoms. The predicted molar refractivity (Wildman–Crippen MR) is 89.1 cm³/mol. The average Bonchev–Trinajstić information content (AvgIpc) is 2.37. The Morgan fingerprint density at radius 1 is 0.789 bits per heavy atom. The van der Waals surface area contributed by atoms with Gasteiger partial charge in [0.15, 0.2) is 0 Å². The van der Waals surface area contributed by atoms with Crippen LogP contribution in [0.15, 0.2) is 64.1 Å². The molecule has 0 fully saturated rings. The lowest BCUT2D eigenvalue weighted by molar-refractivity contribution is 0.595. The average molecular weight is 534 g/mol. The van der Waals surface area contributed by atoms with E-state index in [0.29, 0.717) is 13.4 Å². The highest BCUT2D eigenvalue weighted by Crippen LogP contribution is 2.42. The topological polar surface area (TPSA) is 34.1 Å². The summed E-state index contributed by atoms with van der Waals surface area (Å²) in [6.45, 7) is 0. The first kappa shape index (κ1) is 15.7. The zero-order valence-corrected chi connectivity index (χ0v) is 16.4. The normalized spacial score (nSPS) is 11.6. The van der Waals surface area contributed by atoms with Crippen LogP contribution in [0.4, 0.5) is 0 Å². The smallest absolute Gasteiger partial charge is 0.208 e. The van der Waals surface area contributed by atoms with Gasteiger partial charge in [0.25, 0.3) is 0 Å². The number of sulfone groups is 1. The summed E-state index contributed by atoms with van der Waals surface area (Å²) in [4.78, 5) is 0.458. The minimum Gasteiger partial charge on any atom is -0.218 e. The van der Waals surface area contributed by atoms with Gasteiger partial charge in [0.2, 0.25) is 9.84 Å². The highest BCUT2D eigenvalue weighted by molar-refractivity contribution is 9.14. The summed E-state index contributed by atoms with van der Waals surface area (Å²) in [6, 6.07) is 10.0. The maximum absolute atomic E-state index is 12.6. The van der Waals surface area contributed by atoms with Crippen LogP contribution in [-0.4, -0.2) is 8.42 Å². The monoisotopic (exact) mass is 530 g/mol. The molecule has 100 valence electrons. The van der Waals surface area contributed by atoms with Crippen molar-refractivity contribution in [3.05, 3.63) is 54.3 Å². The number of hydrogen-bond donors (Lipinski definition) is 0. The van der Waals surface area contributed by atoms with Crippen LogP contribution in [0.1, 0.15) is 0 Å². The Bertz CT molecular complexity index is 727. The molecule has 0 aliphatic heterocycles. The van der Waals surface area contributed by atoms with Crippen molar-refractivity contribution in [3.8, 4) is 0 Å². The largest absolute Gasteiger partial charge is 0.218 e. The summed E-state index contributed by atoms with van der Waals surface area (Å²) < 4.78 is 27.7. The molecule has 0 atom stereocenters. The third kappa shape index (κ3) is 3.00. The third-order valence-electron chi connectivity index (χ3n) is 2.39. The van der Waals surface area contributed by atoms with Crippen LogP contribution in [0.2, 0.25) is 0 Å². The van der Waals surface area contributed by atoms with Gasteiger partial charge in [-0.25, -0.2) is 8.42 Å². The molecule has 0 spiro atoms. The second-order valence-corrected chi connectivity index (χ2v) is 8.79. The van der Waals surface area contributed by atoms with E-state index >= 15 is 0 Å². The van der Waals surface area contributed by atoms with Gasteiger partial charge in [0, 0.05) is 13.4 Å². The van der Waals surface area contributed by atoms with Crippen molar-refractivity contribution in [1.82, 2.24) is 0 Å². The first-order valence-electron chi connectivity index (χ1n) is 4.99. The predicted octanol–water partition coefficient (Wildman–Crippen LogP) is 5.57. The lowest BCUT2D eigenvalue weighted by atomic mass is 10.4. The number of hydrogen-bond acceptors (Lipinski definition) is 2. The zero-order chi connectivity index (χ0) is 14.2. The minimum atomic E-state index is -3.58. The van der Waals surface area contributed by atoms with Crippen LogP contribution in [0, 0.1) is 0 Å². The molecule has 0 N–H and O–H groups in total. The maximum atomic E-state index is 12.6. The summed E-state index contributed by atoms with van der Waals surface area (Å²) in [5.74, 6) is 0. The number of halogens is 4. The van der Waals surface area contributed by atoms with E-state index < -0.39 is 9.84 Å². The van der Waals surface area contributed by atoms with Crippen molar-refractivity contribution < 1.29 is 8.42 Å². The summed E-state index contributed by atoms with van der Waals surface area (Å²) in [5.41, 5.74) is 0. The van der Waals surface area contributed by atoms with Gasteiger partial charge in [0.1, 0.15) is 4.90 Å². The van der Waals surface area contributed by atoms with Crippen molar-refractivity contribution in [2.45, 2.75) is 9.79 Å². The van der Waals surface area contributed by atoms with Crippen LogP contribution in [-0.2, 0) is 9.84 Å². The molecule has 0 radical (unpaired) electrons. The Morgan fingerprint density at radius 3 is 1.95 bits per heavy atom. The van der Waals surface area contributed by atoms with Crippen LogP contribution < -0.4 is 0 Å². The fraction of sp³-hybridized carbons (Fsp3) is 0. The molecule has 0 bridgehead atoms. The molecule has 0 saturated heterocycles. The van der Waals surface area contributed by atoms with E-state index in [4.69, 9.17) is 0 Å². The molecule has 2 rings (SSSR count). The molecule has 19 heavy (non-hydrogen) atoms. The Hall–Kier alpha value is 0.310. The molecule has 0 heterocycles. The zero-order valence-electron chi connectivity index (χ0n) is 9.20. The molecule has 0 unspecified atom stereocenters. The SMILES string of the molecule is O=S(=O)(c1ccccc1)c1c(Br)cc(Br)c(Br)c1Br. The van der Waals surface area contributed by atoms with Crippen molar-refractivity contribution in [3.63, 3.8) is 0 Å². The highest BCUT2D eigenvalue weighted by Gasteiger charge is 2.26. The molecule has 0 aliphatic carbocycles. The standard InChI is InChI=1S/C12H6Br4O2S/c13-8-6-9(14)12(11(16)10(8)15)19(17,18)7-4-2-1-3-5-7/h1-6H. The third-order valence-corrected chi connectivity index (χ3v) is 8.71. The van der Waals surface area contributed by atoms with Crippen molar-refractivity contribution >= 4 is 73.6 Å². The van der Waals surface area contributed by atoms with Crippen LogP contribution in [0.5, 0.6) is 0 Å². The number of benzene rings is 2. The van der Waals surface area contributed by atoms with Gasteiger partial charge in [-0.3, -0.25) is 0 Å². The van der Waals surface area contributed by atoms with E-state index in [9.17, 15) is 8.42 Å². The Kier molecular flexibility index (Phi) is 4.93. The lowest BCUT2D eigenvalue weighted by Crippen LogP contribution is -2.04. The Labute approximate surface area is 145 Å². The van der Waals surface area contributed by atoms with E-state index in [2.05, 4.69) is 63.7 Å². The molecule has 0 saturated carbocycles. The van der Waals surface area contributed by atoms with E-state index in [1.54, 1.807) is 36.4 Å². The van der Waals surface area contributed by atoms with Gasteiger partial charge in [0.05, 0.1) is 9.37 Å².